The van der Waals surface area contributed by atoms with Crippen molar-refractivity contribution in [1.82, 2.24) is 0 Å². The van der Waals surface area contributed by atoms with Gasteiger partial charge in [-0.25, -0.2) is 0 Å². The quantitative estimate of drug-likeness (QED) is 0.112. The average molecular weight is 782 g/mol. The van der Waals surface area contributed by atoms with Crippen molar-refractivity contribution >= 4 is 58.2 Å². The van der Waals surface area contributed by atoms with E-state index in [-0.39, 0.29) is 3.76 Å². The third-order valence-electron chi connectivity index (χ3n) is 7.58. The number of halogens is 1. The van der Waals surface area contributed by atoms with Gasteiger partial charge in [0.2, 0.25) is 0 Å². The van der Waals surface area contributed by atoms with Gasteiger partial charge in [0.15, 0.2) is 0 Å². The van der Waals surface area contributed by atoms with Gasteiger partial charge < -0.3 is 0 Å². The number of hydrogen-bond donors (Lipinski definition) is 0. The van der Waals surface area contributed by atoms with E-state index in [1.54, 1.807) is 0 Å². The van der Waals surface area contributed by atoms with Gasteiger partial charge in [-0.2, -0.15) is 0 Å². The van der Waals surface area contributed by atoms with E-state index in [0.29, 0.717) is 0 Å². The molecule has 0 heterocycles. The third-order valence-corrected chi connectivity index (χ3v) is 56.9. The van der Waals surface area contributed by atoms with Crippen LogP contribution in [0.3, 0.4) is 0 Å². The van der Waals surface area contributed by atoms with Crippen LogP contribution in [0.25, 0.3) is 0 Å². The van der Waals surface area contributed by atoms with E-state index in [4.69, 9.17) is 11.6 Å². The third kappa shape index (κ3) is 5.03. The minimum absolute atomic E-state index is 0.124. The molecule has 0 N–H and O–H groups in total. The normalized spacial score (nSPS) is 12.7. The fourth-order valence-electron chi connectivity index (χ4n) is 5.92. The molecular weight excluding hydrogens is 750 g/mol. The van der Waals surface area contributed by atoms with Crippen LogP contribution in [-0.2, 0) is 15.5 Å². The molecule has 0 aliphatic rings. The number of carbonyl (C=O) groups excluding carboxylic acids is 1. The molecular formula is C37H32ClIrOP2. The Hall–Kier alpha value is -3.21. The maximum atomic E-state index is 14.8. The molecule has 0 unspecified atom stereocenters. The van der Waals surface area contributed by atoms with E-state index in [2.05, 4.69) is 182 Å². The standard InChI is InChI=1S/2C18H15P.CClO.Ir/c2*1-4-10-16(11-5-1)19(17-12-6-2-7-13-17)18-14-8-3-9-15-18;2-1-3;/h2*1-15H;;/q;;;-2/p+2. The van der Waals surface area contributed by atoms with E-state index in [1.165, 1.54) is 31.8 Å². The van der Waals surface area contributed by atoms with Crippen LogP contribution in [0.4, 0.5) is 4.79 Å². The monoisotopic (exact) mass is 782 g/mol. The topological polar surface area (TPSA) is 17.1 Å². The molecule has 0 spiro atoms. The van der Waals surface area contributed by atoms with Crippen molar-refractivity contribution in [2.24, 2.45) is 0 Å². The molecule has 42 heavy (non-hydrogen) atoms. The van der Waals surface area contributed by atoms with Crippen molar-refractivity contribution in [1.29, 1.82) is 0 Å². The van der Waals surface area contributed by atoms with Gasteiger partial charge in [0.25, 0.3) is 0 Å². The molecule has 0 fully saturated rings. The molecule has 6 rings (SSSR count). The predicted molar refractivity (Wildman–Crippen MR) is 184 cm³/mol. The Kier molecular flexibility index (Phi) is 8.92. The summed E-state index contributed by atoms with van der Waals surface area (Å²) < 4.78 is -0.124. The molecule has 0 radical (unpaired) electrons. The zero-order valence-electron chi connectivity index (χ0n) is 22.9. The zero-order chi connectivity index (χ0) is 28.8. The second-order valence-electron chi connectivity index (χ2n) is 9.90. The summed E-state index contributed by atoms with van der Waals surface area (Å²) in [6.45, 7) is 0. The van der Waals surface area contributed by atoms with Crippen LogP contribution in [0.1, 0.15) is 0 Å². The van der Waals surface area contributed by atoms with Crippen LogP contribution in [-0.4, -0.2) is 3.76 Å². The molecule has 0 saturated carbocycles. The Balaban J connectivity index is 1.88. The van der Waals surface area contributed by atoms with E-state index in [9.17, 15) is 4.79 Å². The van der Waals surface area contributed by atoms with Gasteiger partial charge in [0.05, 0.1) is 0 Å². The number of benzene rings is 6. The molecule has 0 bridgehead atoms. The molecule has 212 valence electrons. The van der Waals surface area contributed by atoms with E-state index >= 15 is 0 Å². The predicted octanol–water partition coefficient (Wildman–Crippen LogP) is 7.25. The Labute approximate surface area is 259 Å². The SMILES string of the molecule is O=[C](Cl)[Ir]([PH](c1ccccc1)(c1ccccc1)c1ccccc1)[PH](c1ccccc1)(c1ccccc1)c1ccccc1. The zero-order valence-corrected chi connectivity index (χ0v) is 28.1. The Bertz CT molecular complexity index is 1420. The van der Waals surface area contributed by atoms with E-state index in [0.717, 1.165) is 0 Å². The summed E-state index contributed by atoms with van der Waals surface area (Å²) in [6.07, 6.45) is 0. The first-order valence-electron chi connectivity index (χ1n) is 13.9. The molecule has 0 aromatic heterocycles. The number of hydrogen-bond acceptors (Lipinski definition) is 1. The molecule has 6 aromatic carbocycles. The molecule has 0 atom stereocenters. The molecule has 0 aliphatic heterocycles. The fraction of sp³-hybridized carbons (Fsp3) is 0. The fourth-order valence-corrected chi connectivity index (χ4v) is 69.6. The molecule has 5 heteroatoms. The average Bonchev–Trinajstić information content (AvgIpc) is 3.07. The molecule has 6 aromatic rings. The van der Waals surface area contributed by atoms with Crippen LogP contribution in [0, 0.1) is 0 Å². The number of rotatable bonds is 9. The second kappa shape index (κ2) is 13.0. The first-order valence-corrected chi connectivity index (χ1v) is 26.3. The van der Waals surface area contributed by atoms with Crippen molar-refractivity contribution in [3.8, 4) is 0 Å². The molecule has 0 aliphatic carbocycles. The Morgan fingerprint density at radius 3 is 0.667 bits per heavy atom. The van der Waals surface area contributed by atoms with Crippen molar-refractivity contribution in [2.75, 3.05) is 0 Å². The molecule has 0 saturated heterocycles. The number of carbonyl (C=O) groups is 1. The van der Waals surface area contributed by atoms with E-state index in [1.807, 2.05) is 0 Å². The van der Waals surface area contributed by atoms with Crippen molar-refractivity contribution in [3.05, 3.63) is 182 Å². The first-order chi connectivity index (χ1) is 20.7. The summed E-state index contributed by atoms with van der Waals surface area (Å²) in [7, 11) is 0. The van der Waals surface area contributed by atoms with Gasteiger partial charge in [0.1, 0.15) is 0 Å². The van der Waals surface area contributed by atoms with Gasteiger partial charge in [-0.05, 0) is 0 Å². The molecule has 0 amide bonds. The Morgan fingerprint density at radius 2 is 0.524 bits per heavy atom. The molecule has 1 nitrogen and oxygen atoms in total. The van der Waals surface area contributed by atoms with Crippen LogP contribution >= 0.6 is 22.6 Å². The summed E-state index contributed by atoms with van der Waals surface area (Å²) >= 11 is 4.00. The van der Waals surface area contributed by atoms with Crippen LogP contribution < -0.4 is 31.8 Å². The van der Waals surface area contributed by atoms with Gasteiger partial charge >= 0.3 is 260 Å². The minimum atomic E-state index is -3.21. The van der Waals surface area contributed by atoms with Crippen LogP contribution in [0.15, 0.2) is 182 Å². The van der Waals surface area contributed by atoms with E-state index < -0.39 is 26.5 Å². The van der Waals surface area contributed by atoms with Gasteiger partial charge in [0, 0.05) is 0 Å². The first kappa shape index (κ1) is 28.9. The van der Waals surface area contributed by atoms with Gasteiger partial charge in [-0.15, -0.1) is 0 Å². The summed E-state index contributed by atoms with van der Waals surface area (Å²) in [5, 5.41) is 7.45. The van der Waals surface area contributed by atoms with Crippen LogP contribution in [0.5, 0.6) is 0 Å². The second-order valence-corrected chi connectivity index (χ2v) is 38.8. The van der Waals surface area contributed by atoms with Crippen molar-refractivity contribution < 1.29 is 20.3 Å². The summed E-state index contributed by atoms with van der Waals surface area (Å²) in [6, 6.07) is 64.8. The van der Waals surface area contributed by atoms with Crippen molar-refractivity contribution in [2.45, 2.75) is 0 Å². The Morgan fingerprint density at radius 1 is 0.357 bits per heavy atom. The summed E-state index contributed by atoms with van der Waals surface area (Å²) in [5.74, 6) is 0. The van der Waals surface area contributed by atoms with Crippen molar-refractivity contribution in [3.63, 3.8) is 0 Å². The summed E-state index contributed by atoms with van der Waals surface area (Å²) in [4.78, 5) is 14.8. The van der Waals surface area contributed by atoms with Gasteiger partial charge in [-0.3, -0.25) is 0 Å². The summed E-state index contributed by atoms with van der Waals surface area (Å²) in [5.41, 5.74) is -6.11. The van der Waals surface area contributed by atoms with Crippen LogP contribution in [0.2, 0.25) is 0 Å². The maximum absolute atomic E-state index is 14.8. The van der Waals surface area contributed by atoms with Gasteiger partial charge in [-0.1, -0.05) is 0 Å².